The van der Waals surface area contributed by atoms with Crippen LogP contribution in [0, 0.1) is 5.92 Å². The minimum absolute atomic E-state index is 0.117. The van der Waals surface area contributed by atoms with E-state index < -0.39 is 0 Å². The van der Waals surface area contributed by atoms with Gasteiger partial charge in [0.25, 0.3) is 0 Å². The molecule has 0 saturated carbocycles. The molecular weight excluding hydrogens is 228 g/mol. The van der Waals surface area contributed by atoms with Gasteiger partial charge < -0.3 is 10.0 Å². The molecule has 2 heterocycles. The number of rotatable bonds is 3. The Kier molecular flexibility index (Phi) is 4.31. The number of amides is 1. The van der Waals surface area contributed by atoms with Gasteiger partial charge in [-0.1, -0.05) is 13.0 Å². The van der Waals surface area contributed by atoms with Crippen molar-refractivity contribution in [3.05, 3.63) is 30.1 Å². The first-order valence-corrected chi connectivity index (χ1v) is 6.52. The lowest BCUT2D eigenvalue weighted by Gasteiger charge is -2.34. The summed E-state index contributed by atoms with van der Waals surface area (Å²) in [6.07, 6.45) is 3.39. The van der Waals surface area contributed by atoms with Crippen LogP contribution in [0.2, 0.25) is 0 Å². The number of hydrogen-bond acceptors (Lipinski definition) is 3. The highest BCUT2D eigenvalue weighted by molar-refractivity contribution is 5.76. The Morgan fingerprint density at radius 1 is 1.56 bits per heavy atom. The van der Waals surface area contributed by atoms with Crippen molar-refractivity contribution >= 4 is 5.91 Å². The van der Waals surface area contributed by atoms with Crippen molar-refractivity contribution in [1.82, 2.24) is 9.88 Å². The van der Waals surface area contributed by atoms with Gasteiger partial charge in [0.1, 0.15) is 0 Å². The van der Waals surface area contributed by atoms with E-state index in [9.17, 15) is 9.90 Å². The van der Waals surface area contributed by atoms with Crippen LogP contribution < -0.4 is 0 Å². The molecular formula is C14H20N2O2. The standard InChI is InChI=1S/C14H20N2O2/c1-11-7-9-16(10-13(11)17)14(18)6-5-12-4-2-3-8-15-12/h2-4,8,11,13,17H,5-7,9-10H2,1H3. The first-order chi connectivity index (χ1) is 8.66. The second-order valence-electron chi connectivity index (χ2n) is 4.99. The van der Waals surface area contributed by atoms with Crippen LogP contribution in [-0.4, -0.2) is 40.1 Å². The van der Waals surface area contributed by atoms with Gasteiger partial charge in [-0.2, -0.15) is 0 Å². The van der Waals surface area contributed by atoms with Crippen LogP contribution in [-0.2, 0) is 11.2 Å². The van der Waals surface area contributed by atoms with Crippen molar-refractivity contribution in [3.63, 3.8) is 0 Å². The first kappa shape index (κ1) is 13.0. The zero-order valence-electron chi connectivity index (χ0n) is 10.7. The lowest BCUT2D eigenvalue weighted by Crippen LogP contribution is -2.45. The molecule has 1 amide bonds. The Hall–Kier alpha value is -1.42. The molecule has 0 aliphatic carbocycles. The number of pyridine rings is 1. The minimum atomic E-state index is -0.377. The normalized spacial score (nSPS) is 24.0. The van der Waals surface area contributed by atoms with Gasteiger partial charge in [-0.15, -0.1) is 0 Å². The summed E-state index contributed by atoms with van der Waals surface area (Å²) in [4.78, 5) is 18.0. The maximum atomic E-state index is 12.0. The Morgan fingerprint density at radius 3 is 3.06 bits per heavy atom. The van der Waals surface area contributed by atoms with Gasteiger partial charge in [-0.3, -0.25) is 9.78 Å². The van der Waals surface area contributed by atoms with Crippen LogP contribution in [0.5, 0.6) is 0 Å². The molecule has 4 nitrogen and oxygen atoms in total. The number of carbonyl (C=O) groups is 1. The molecule has 0 aromatic carbocycles. The van der Waals surface area contributed by atoms with Crippen molar-refractivity contribution in [3.8, 4) is 0 Å². The molecule has 1 saturated heterocycles. The lowest BCUT2D eigenvalue weighted by atomic mass is 9.96. The molecule has 0 spiro atoms. The number of aliphatic hydroxyl groups excluding tert-OH is 1. The molecule has 0 bridgehead atoms. The van der Waals surface area contributed by atoms with Gasteiger partial charge in [0.2, 0.25) is 5.91 Å². The van der Waals surface area contributed by atoms with E-state index in [-0.39, 0.29) is 12.0 Å². The molecule has 4 heteroatoms. The van der Waals surface area contributed by atoms with Crippen LogP contribution in [0.25, 0.3) is 0 Å². The van der Waals surface area contributed by atoms with Crippen LogP contribution >= 0.6 is 0 Å². The summed E-state index contributed by atoms with van der Waals surface area (Å²) in [6.45, 7) is 3.27. The fraction of sp³-hybridized carbons (Fsp3) is 0.571. The van der Waals surface area contributed by atoms with Crippen molar-refractivity contribution < 1.29 is 9.90 Å². The topological polar surface area (TPSA) is 53.4 Å². The van der Waals surface area contributed by atoms with E-state index in [2.05, 4.69) is 4.98 Å². The molecule has 1 N–H and O–H groups in total. The van der Waals surface area contributed by atoms with Gasteiger partial charge in [-0.25, -0.2) is 0 Å². The van der Waals surface area contributed by atoms with Gasteiger partial charge in [-0.05, 0) is 30.9 Å². The number of piperidine rings is 1. The molecule has 98 valence electrons. The zero-order chi connectivity index (χ0) is 13.0. The number of β-amino-alcohol motifs (C(OH)–C–C–N with tert-alkyl or cyclic N) is 1. The highest BCUT2D eigenvalue weighted by Crippen LogP contribution is 2.17. The van der Waals surface area contributed by atoms with Crippen molar-refractivity contribution in [2.75, 3.05) is 13.1 Å². The van der Waals surface area contributed by atoms with E-state index in [1.807, 2.05) is 25.1 Å². The van der Waals surface area contributed by atoms with E-state index in [4.69, 9.17) is 0 Å². The molecule has 2 atom stereocenters. The number of aliphatic hydroxyl groups is 1. The number of likely N-dealkylation sites (tertiary alicyclic amines) is 1. The third-order valence-electron chi connectivity index (χ3n) is 3.59. The molecule has 1 aliphatic rings. The third kappa shape index (κ3) is 3.29. The van der Waals surface area contributed by atoms with Gasteiger partial charge >= 0.3 is 0 Å². The molecule has 1 aromatic rings. The van der Waals surface area contributed by atoms with E-state index >= 15 is 0 Å². The smallest absolute Gasteiger partial charge is 0.223 e. The maximum Gasteiger partial charge on any atom is 0.223 e. The second kappa shape index (κ2) is 5.96. The predicted molar refractivity (Wildman–Crippen MR) is 68.9 cm³/mol. The molecule has 1 aliphatic heterocycles. The second-order valence-corrected chi connectivity index (χ2v) is 4.99. The fourth-order valence-corrected chi connectivity index (χ4v) is 2.21. The summed E-state index contributed by atoms with van der Waals surface area (Å²) in [5.74, 6) is 0.413. The van der Waals surface area contributed by atoms with Gasteiger partial charge in [0, 0.05) is 31.4 Å². The summed E-state index contributed by atoms with van der Waals surface area (Å²) in [7, 11) is 0. The molecule has 2 rings (SSSR count). The van der Waals surface area contributed by atoms with Crippen molar-refractivity contribution in [2.24, 2.45) is 5.92 Å². The number of aryl methyl sites for hydroxylation is 1. The van der Waals surface area contributed by atoms with Crippen molar-refractivity contribution in [1.29, 1.82) is 0 Å². The summed E-state index contributed by atoms with van der Waals surface area (Å²) in [6, 6.07) is 5.73. The summed E-state index contributed by atoms with van der Waals surface area (Å²) in [5.41, 5.74) is 0.941. The van der Waals surface area contributed by atoms with E-state index in [0.717, 1.165) is 18.7 Å². The van der Waals surface area contributed by atoms with Gasteiger partial charge in [0.15, 0.2) is 0 Å². The Balaban J connectivity index is 1.82. The molecule has 0 radical (unpaired) electrons. The number of nitrogens with zero attached hydrogens (tertiary/aromatic N) is 2. The van der Waals surface area contributed by atoms with E-state index in [1.54, 1.807) is 11.1 Å². The average molecular weight is 248 g/mol. The Bertz CT molecular complexity index is 394. The SMILES string of the molecule is CC1CCN(C(=O)CCc2ccccn2)CC1O. The summed E-state index contributed by atoms with van der Waals surface area (Å²) < 4.78 is 0. The highest BCUT2D eigenvalue weighted by Gasteiger charge is 2.26. The number of hydrogen-bond donors (Lipinski definition) is 1. The van der Waals surface area contributed by atoms with Crippen LogP contribution in [0.1, 0.15) is 25.5 Å². The summed E-state index contributed by atoms with van der Waals surface area (Å²) in [5, 5.41) is 9.78. The van der Waals surface area contributed by atoms with Crippen molar-refractivity contribution in [2.45, 2.75) is 32.3 Å². The minimum Gasteiger partial charge on any atom is -0.391 e. The Labute approximate surface area is 108 Å². The average Bonchev–Trinajstić information content (AvgIpc) is 2.40. The zero-order valence-corrected chi connectivity index (χ0v) is 10.7. The Morgan fingerprint density at radius 2 is 2.39 bits per heavy atom. The quantitative estimate of drug-likeness (QED) is 0.875. The molecule has 18 heavy (non-hydrogen) atoms. The van der Waals surface area contributed by atoms with Crippen LogP contribution in [0.3, 0.4) is 0 Å². The highest BCUT2D eigenvalue weighted by atomic mass is 16.3. The number of carbonyl (C=O) groups excluding carboxylic acids is 1. The lowest BCUT2D eigenvalue weighted by molar-refractivity contribution is -0.135. The number of aromatic nitrogens is 1. The molecule has 2 unspecified atom stereocenters. The summed E-state index contributed by atoms with van der Waals surface area (Å²) >= 11 is 0. The van der Waals surface area contributed by atoms with Crippen LogP contribution in [0.15, 0.2) is 24.4 Å². The van der Waals surface area contributed by atoms with E-state index in [1.165, 1.54) is 0 Å². The monoisotopic (exact) mass is 248 g/mol. The maximum absolute atomic E-state index is 12.0. The fourth-order valence-electron chi connectivity index (χ4n) is 2.21. The molecule has 1 aromatic heterocycles. The largest absolute Gasteiger partial charge is 0.391 e. The van der Waals surface area contributed by atoms with Gasteiger partial charge in [0.05, 0.1) is 6.10 Å². The molecule has 1 fully saturated rings. The van der Waals surface area contributed by atoms with Crippen LogP contribution in [0.4, 0.5) is 0 Å². The third-order valence-corrected chi connectivity index (χ3v) is 3.59. The van der Waals surface area contributed by atoms with E-state index in [0.29, 0.717) is 25.3 Å². The first-order valence-electron chi connectivity index (χ1n) is 6.52. The predicted octanol–water partition coefficient (Wildman–Crippen LogP) is 1.24.